The van der Waals surface area contributed by atoms with E-state index in [1.165, 1.54) is 5.01 Å². The fraction of sp³-hybridized carbons (Fsp3) is 1.00. The lowest BCUT2D eigenvalue weighted by atomic mass is 10.2. The molecule has 0 aromatic carbocycles. The van der Waals surface area contributed by atoms with Gasteiger partial charge in [-0.15, -0.1) is 5.01 Å². The quantitative estimate of drug-likeness (QED) is 0.358. The first-order valence-electron chi connectivity index (χ1n) is 3.98. The van der Waals surface area contributed by atoms with Gasteiger partial charge in [-0.1, -0.05) is 6.92 Å². The van der Waals surface area contributed by atoms with Gasteiger partial charge in [-0.25, -0.2) is 0 Å². The summed E-state index contributed by atoms with van der Waals surface area (Å²) in [5, 5.41) is 22.8. The Kier molecular flexibility index (Phi) is 5.11. The van der Waals surface area contributed by atoms with Gasteiger partial charge in [0, 0.05) is 6.04 Å². The van der Waals surface area contributed by atoms with E-state index >= 15 is 0 Å². The molecule has 72 valence electrons. The van der Waals surface area contributed by atoms with Crippen LogP contribution in [0.3, 0.4) is 0 Å². The third-order valence-corrected chi connectivity index (χ3v) is 1.65. The lowest BCUT2D eigenvalue weighted by Gasteiger charge is -2.18. The molecule has 6 heteroatoms. The minimum atomic E-state index is -0.0665. The smallest absolute Gasteiger partial charge is 0.230 e. The Morgan fingerprint density at radius 1 is 1.67 bits per heavy atom. The zero-order valence-electron chi connectivity index (χ0n) is 7.47. The molecule has 0 rings (SSSR count). The van der Waals surface area contributed by atoms with Gasteiger partial charge in [0.15, 0.2) is 0 Å². The third kappa shape index (κ3) is 3.38. The minimum absolute atomic E-state index is 0.0665. The van der Waals surface area contributed by atoms with Crippen LogP contribution in [0, 0.1) is 5.21 Å². The summed E-state index contributed by atoms with van der Waals surface area (Å²) < 4.78 is 0. The maximum absolute atomic E-state index is 10.8. The largest absolute Gasteiger partial charge is 0.569 e. The molecule has 0 aliphatic rings. The van der Waals surface area contributed by atoms with Gasteiger partial charge < -0.3 is 16.1 Å². The molecule has 1 atom stereocenters. The van der Waals surface area contributed by atoms with Crippen LogP contribution in [0.15, 0.2) is 5.28 Å². The molecule has 0 aromatic rings. The van der Waals surface area contributed by atoms with E-state index in [0.29, 0.717) is 13.1 Å². The number of hydrogen-bond acceptors (Lipinski definition) is 3. The molecule has 12 heavy (non-hydrogen) atoms. The highest BCUT2D eigenvalue weighted by Gasteiger charge is 2.13. The molecular weight excluding hydrogens is 160 g/mol. The topological polar surface area (TPSA) is 87.9 Å². The molecule has 0 saturated heterocycles. The van der Waals surface area contributed by atoms with E-state index in [1.807, 2.05) is 6.92 Å². The first-order chi connectivity index (χ1) is 5.65. The molecule has 3 N–H and O–H groups in total. The van der Waals surface area contributed by atoms with Crippen molar-refractivity contribution in [2.24, 2.45) is 11.0 Å². The summed E-state index contributed by atoms with van der Waals surface area (Å²) in [6, 6.07) is -0.0665. The van der Waals surface area contributed by atoms with Crippen molar-refractivity contribution in [1.29, 1.82) is 0 Å². The summed E-state index contributed by atoms with van der Waals surface area (Å²) in [6.07, 6.45) is 0.787. The van der Waals surface area contributed by atoms with Crippen LogP contribution >= 0.6 is 0 Å². The summed E-state index contributed by atoms with van der Waals surface area (Å²) >= 11 is 0. The van der Waals surface area contributed by atoms with Gasteiger partial charge in [-0.3, -0.25) is 0 Å². The Morgan fingerprint density at radius 2 is 2.25 bits per heavy atom. The monoisotopic (exact) mass is 176 g/mol. The summed E-state index contributed by atoms with van der Waals surface area (Å²) in [6.45, 7) is 4.60. The number of likely N-dealkylation sites (N-methyl/N-ethyl adjacent to an activating group) is 1. The summed E-state index contributed by atoms with van der Waals surface area (Å²) in [4.78, 5) is 0.148. The van der Waals surface area contributed by atoms with Gasteiger partial charge in [-0.2, -0.15) is 0 Å². The van der Waals surface area contributed by atoms with Crippen LogP contribution in [0.1, 0.15) is 20.3 Å². The highest BCUT2D eigenvalue weighted by atomic mass is 16.6. The number of nitrogens with two attached hydrogens (primary N) is 1. The predicted molar refractivity (Wildman–Crippen MR) is 43.4 cm³/mol. The molecule has 0 fully saturated rings. The molecule has 0 spiro atoms. The maximum Gasteiger partial charge on any atom is 0.230 e. The Bertz CT molecular complexity index is 150. The van der Waals surface area contributed by atoms with Crippen LogP contribution in [-0.4, -0.2) is 34.3 Å². The van der Waals surface area contributed by atoms with Gasteiger partial charge in [0.1, 0.15) is 0 Å². The van der Waals surface area contributed by atoms with E-state index in [4.69, 9.17) is 10.9 Å². The lowest BCUT2D eigenvalue weighted by molar-refractivity contribution is -0.709. The SMILES string of the molecule is CCC(N)CN(CC)/[N+]([O-])=N/O. The van der Waals surface area contributed by atoms with Crippen LogP contribution in [0.2, 0.25) is 0 Å². The molecule has 0 bridgehead atoms. The van der Waals surface area contributed by atoms with E-state index in [-0.39, 0.29) is 11.0 Å². The zero-order valence-corrected chi connectivity index (χ0v) is 7.47. The highest BCUT2D eigenvalue weighted by Crippen LogP contribution is 1.94. The molecule has 0 aliphatic carbocycles. The Morgan fingerprint density at radius 3 is 2.58 bits per heavy atom. The minimum Gasteiger partial charge on any atom is -0.569 e. The fourth-order valence-corrected chi connectivity index (χ4v) is 0.776. The number of nitrogens with zero attached hydrogens (tertiary/aromatic N) is 3. The number of hydrazine groups is 1. The lowest BCUT2D eigenvalue weighted by Crippen LogP contribution is -2.40. The van der Waals surface area contributed by atoms with Crippen molar-refractivity contribution >= 4 is 0 Å². The van der Waals surface area contributed by atoms with Crippen molar-refractivity contribution < 1.29 is 10.2 Å². The summed E-state index contributed by atoms with van der Waals surface area (Å²) in [5.41, 5.74) is 5.61. The first-order valence-corrected chi connectivity index (χ1v) is 3.98. The van der Waals surface area contributed by atoms with Crippen LogP contribution in [0.25, 0.3) is 0 Å². The van der Waals surface area contributed by atoms with Gasteiger partial charge in [-0.05, 0) is 13.3 Å². The van der Waals surface area contributed by atoms with E-state index in [9.17, 15) is 5.21 Å². The van der Waals surface area contributed by atoms with Crippen molar-refractivity contribution in [3.05, 3.63) is 5.21 Å². The summed E-state index contributed by atoms with van der Waals surface area (Å²) in [5.74, 6) is 0. The average Bonchev–Trinajstić information content (AvgIpc) is 2.12. The number of hydrogen-bond donors (Lipinski definition) is 2. The standard InChI is InChI=1S/C6H16N4O2/c1-3-6(7)5-9(4-2)10(12)8-11/h6,11H,3-5,7H2,1-2H3/b10-8-. The van der Waals surface area contributed by atoms with Gasteiger partial charge in [0.25, 0.3) is 0 Å². The third-order valence-electron chi connectivity index (χ3n) is 1.65. The highest BCUT2D eigenvalue weighted by molar-refractivity contribution is 4.59. The van der Waals surface area contributed by atoms with E-state index in [2.05, 4.69) is 5.28 Å². The molecule has 0 heterocycles. The Labute approximate surface area is 71.8 Å². The second-order valence-electron chi connectivity index (χ2n) is 2.52. The second kappa shape index (κ2) is 5.59. The van der Waals surface area contributed by atoms with E-state index in [1.54, 1.807) is 6.92 Å². The van der Waals surface area contributed by atoms with Gasteiger partial charge >= 0.3 is 0 Å². The van der Waals surface area contributed by atoms with Gasteiger partial charge in [0.05, 0.1) is 18.1 Å². The molecule has 0 amide bonds. The van der Waals surface area contributed by atoms with Crippen molar-refractivity contribution in [1.82, 2.24) is 5.01 Å². The Hall–Kier alpha value is -1.04. The van der Waals surface area contributed by atoms with Crippen molar-refractivity contribution in [2.45, 2.75) is 26.3 Å². The molecule has 0 saturated carbocycles. The van der Waals surface area contributed by atoms with Crippen LogP contribution < -0.4 is 5.73 Å². The summed E-state index contributed by atoms with van der Waals surface area (Å²) in [7, 11) is 0. The normalized spacial score (nSPS) is 14.4. The molecule has 6 nitrogen and oxygen atoms in total. The average molecular weight is 176 g/mol. The predicted octanol–water partition coefficient (Wildman–Crippen LogP) is 0.312. The molecule has 0 aromatic heterocycles. The van der Waals surface area contributed by atoms with Crippen molar-refractivity contribution in [3.8, 4) is 0 Å². The molecule has 0 radical (unpaired) electrons. The second-order valence-corrected chi connectivity index (χ2v) is 2.52. The van der Waals surface area contributed by atoms with E-state index in [0.717, 1.165) is 6.42 Å². The molecular formula is C6H16N4O2. The molecule has 1 unspecified atom stereocenters. The van der Waals surface area contributed by atoms with Crippen LogP contribution in [0.5, 0.6) is 0 Å². The Balaban J connectivity index is 3.99. The first kappa shape index (κ1) is 11.0. The molecule has 0 aliphatic heterocycles. The maximum atomic E-state index is 10.8. The zero-order chi connectivity index (χ0) is 9.56. The van der Waals surface area contributed by atoms with Crippen molar-refractivity contribution in [3.63, 3.8) is 0 Å². The van der Waals surface area contributed by atoms with Crippen LogP contribution in [-0.2, 0) is 0 Å². The van der Waals surface area contributed by atoms with Crippen LogP contribution in [0.4, 0.5) is 0 Å². The fourth-order valence-electron chi connectivity index (χ4n) is 0.776. The van der Waals surface area contributed by atoms with E-state index < -0.39 is 0 Å². The number of rotatable bonds is 5. The van der Waals surface area contributed by atoms with Gasteiger partial charge in [0.2, 0.25) is 5.28 Å². The van der Waals surface area contributed by atoms with Crippen molar-refractivity contribution in [2.75, 3.05) is 13.1 Å².